The number of carbonyl (C=O) groups is 3. The van der Waals surface area contributed by atoms with E-state index in [2.05, 4.69) is 19.7 Å². The van der Waals surface area contributed by atoms with E-state index in [1.807, 2.05) is 0 Å². The Morgan fingerprint density at radius 2 is 0.833 bits per heavy atom. The van der Waals surface area contributed by atoms with Gasteiger partial charge in [-0.1, -0.05) is 19.7 Å². The first-order valence-electron chi connectivity index (χ1n) is 8.89. The van der Waals surface area contributed by atoms with Gasteiger partial charge in [0.2, 0.25) is 0 Å². The summed E-state index contributed by atoms with van der Waals surface area (Å²) in [6, 6.07) is 0. The Morgan fingerprint density at radius 3 is 1.00 bits per heavy atom. The van der Waals surface area contributed by atoms with Crippen LogP contribution in [0.1, 0.15) is 47.8 Å². The predicted molar refractivity (Wildman–Crippen MR) is 107 cm³/mol. The Balaban J connectivity index is 3.92. The summed E-state index contributed by atoms with van der Waals surface area (Å²) < 4.78 is 15.1. The van der Waals surface area contributed by atoms with E-state index >= 15 is 0 Å². The third-order valence-corrected chi connectivity index (χ3v) is 4.22. The lowest BCUT2D eigenvalue weighted by Gasteiger charge is -2.22. The number of carboxylic acid groups (broad SMARTS) is 3. The summed E-state index contributed by atoms with van der Waals surface area (Å²) >= 11 is 0. The maximum atomic E-state index is 12.1. The molecule has 0 saturated carbocycles. The van der Waals surface area contributed by atoms with Crippen molar-refractivity contribution in [3.05, 3.63) is 71.9 Å². The second kappa shape index (κ2) is 11.9. The average molecular weight is 420 g/mol. The normalized spacial score (nSPS) is 10.0. The summed E-state index contributed by atoms with van der Waals surface area (Å²) in [4.78, 5) is 36.3. The molecule has 3 N–H and O–H groups in total. The molecule has 0 spiro atoms. The minimum absolute atomic E-state index is 0.0379. The molecule has 0 heterocycles. The molecule has 0 fully saturated rings. The van der Waals surface area contributed by atoms with Gasteiger partial charge in [-0.2, -0.15) is 0 Å². The van der Waals surface area contributed by atoms with E-state index in [1.165, 1.54) is 0 Å². The molecule has 9 heteroatoms. The lowest BCUT2D eigenvalue weighted by Crippen LogP contribution is -2.24. The summed E-state index contributed by atoms with van der Waals surface area (Å²) in [7, 11) is 0. The van der Waals surface area contributed by atoms with Gasteiger partial charge in [-0.15, -0.1) is 0 Å². The molecule has 1 aromatic carbocycles. The van der Waals surface area contributed by atoms with E-state index in [9.17, 15) is 29.7 Å². The summed E-state index contributed by atoms with van der Waals surface area (Å²) in [5.74, 6) is -4.34. The van der Waals surface area contributed by atoms with Crippen molar-refractivity contribution >= 4 is 17.9 Å². The predicted octanol–water partition coefficient (Wildman–Crippen LogP) is 2.89. The summed E-state index contributed by atoms with van der Waals surface area (Å²) in [6.07, 6.45) is 3.18. The van der Waals surface area contributed by atoms with Gasteiger partial charge < -0.3 is 29.5 Å². The van der Waals surface area contributed by atoms with E-state index in [4.69, 9.17) is 14.2 Å². The molecule has 0 aliphatic rings. The van der Waals surface area contributed by atoms with Gasteiger partial charge >= 0.3 is 17.9 Å². The van der Waals surface area contributed by atoms with Crippen LogP contribution >= 0.6 is 0 Å². The molecule has 1 aromatic rings. The van der Waals surface area contributed by atoms with Crippen molar-refractivity contribution in [3.63, 3.8) is 0 Å². The molecular formula is C21H24O9. The van der Waals surface area contributed by atoms with Crippen LogP contribution in [0.25, 0.3) is 0 Å². The second-order valence-corrected chi connectivity index (χ2v) is 5.84. The number of ether oxygens (including phenoxy) is 3. The zero-order valence-corrected chi connectivity index (χ0v) is 16.4. The highest BCUT2D eigenvalue weighted by molar-refractivity contribution is 6.05. The number of hydrogen-bond acceptors (Lipinski definition) is 6. The Morgan fingerprint density at radius 1 is 0.600 bits per heavy atom. The van der Waals surface area contributed by atoms with Crippen LogP contribution in [0.3, 0.4) is 0 Å². The lowest BCUT2D eigenvalue weighted by atomic mass is 9.83. The molecular weight excluding hydrogens is 396 g/mol. The smallest absolute Gasteiger partial charge is 0.336 e. The molecule has 30 heavy (non-hydrogen) atoms. The minimum atomic E-state index is -1.45. The van der Waals surface area contributed by atoms with Crippen LogP contribution in [-0.4, -0.2) is 53.0 Å². The Bertz CT molecular complexity index is 709. The first kappa shape index (κ1) is 24.3. The molecule has 162 valence electrons. The van der Waals surface area contributed by atoms with E-state index < -0.39 is 34.6 Å². The lowest BCUT2D eigenvalue weighted by molar-refractivity contribution is 0.0692. The van der Waals surface area contributed by atoms with Crippen LogP contribution in [0, 0.1) is 0 Å². The fourth-order valence-corrected chi connectivity index (χ4v) is 3.18. The molecule has 0 aliphatic carbocycles. The Hall–Kier alpha value is -3.75. The number of carboxylic acids is 3. The second-order valence-electron chi connectivity index (χ2n) is 5.84. The highest BCUT2D eigenvalue weighted by Crippen LogP contribution is 2.31. The molecule has 1 rings (SSSR count). The van der Waals surface area contributed by atoms with Gasteiger partial charge in [0.15, 0.2) is 0 Å². The van der Waals surface area contributed by atoms with E-state index in [0.717, 1.165) is 18.8 Å². The Labute approximate surface area is 173 Å². The van der Waals surface area contributed by atoms with E-state index in [-0.39, 0.29) is 55.8 Å². The number of benzene rings is 1. The van der Waals surface area contributed by atoms with Crippen molar-refractivity contribution in [1.82, 2.24) is 0 Å². The fraction of sp³-hybridized carbons (Fsp3) is 0.286. The van der Waals surface area contributed by atoms with Crippen molar-refractivity contribution in [2.75, 3.05) is 19.8 Å². The molecule has 0 atom stereocenters. The molecule has 0 aliphatic heterocycles. The van der Waals surface area contributed by atoms with Gasteiger partial charge in [-0.05, 0) is 16.7 Å². The van der Waals surface area contributed by atoms with Crippen LogP contribution < -0.4 is 0 Å². The maximum Gasteiger partial charge on any atom is 0.336 e. The third kappa shape index (κ3) is 5.87. The fourth-order valence-electron chi connectivity index (χ4n) is 3.18. The average Bonchev–Trinajstić information content (AvgIpc) is 2.67. The van der Waals surface area contributed by atoms with Crippen molar-refractivity contribution < 1.29 is 43.9 Å². The van der Waals surface area contributed by atoms with Crippen LogP contribution in [0.15, 0.2) is 38.5 Å². The van der Waals surface area contributed by atoms with Gasteiger partial charge in [0.05, 0.1) is 55.3 Å². The topological polar surface area (TPSA) is 140 Å². The van der Waals surface area contributed by atoms with Crippen LogP contribution in [0.2, 0.25) is 0 Å². The van der Waals surface area contributed by atoms with Gasteiger partial charge in [0.1, 0.15) is 0 Å². The molecule has 0 amide bonds. The SMILES string of the molecule is C=COCCc1c(C(=O)O)c(CCOC=C)c(C(=O)O)c(CCOC=C)c1C(=O)O. The van der Waals surface area contributed by atoms with Crippen LogP contribution in [0.5, 0.6) is 0 Å². The number of aromatic carboxylic acids is 3. The largest absolute Gasteiger partial charge is 0.501 e. The highest BCUT2D eigenvalue weighted by Gasteiger charge is 2.32. The zero-order chi connectivity index (χ0) is 22.7. The first-order chi connectivity index (χ1) is 14.3. The number of hydrogen-bond donors (Lipinski definition) is 3. The zero-order valence-electron chi connectivity index (χ0n) is 16.4. The van der Waals surface area contributed by atoms with E-state index in [1.54, 1.807) is 0 Å². The quantitative estimate of drug-likeness (QED) is 0.288. The van der Waals surface area contributed by atoms with Gasteiger partial charge in [0.25, 0.3) is 0 Å². The van der Waals surface area contributed by atoms with Crippen LogP contribution in [-0.2, 0) is 33.5 Å². The molecule has 9 nitrogen and oxygen atoms in total. The standard InChI is InChI=1S/C21H24O9/c1-4-28-10-7-13-16(19(22)23)14(8-11-29-5-2)18(21(26)27)15(9-12-30-6-3)17(13)20(24)25/h4-6H,1-3,7-12H2,(H,22,23)(H,24,25)(H,26,27). The molecule has 0 aromatic heterocycles. The monoisotopic (exact) mass is 420 g/mol. The first-order valence-corrected chi connectivity index (χ1v) is 8.89. The summed E-state index contributed by atoms with van der Waals surface area (Å²) in [5.41, 5.74) is -1.28. The molecule has 0 bridgehead atoms. The molecule has 0 saturated heterocycles. The van der Waals surface area contributed by atoms with Crippen LogP contribution in [0.4, 0.5) is 0 Å². The minimum Gasteiger partial charge on any atom is -0.501 e. The van der Waals surface area contributed by atoms with Crippen molar-refractivity contribution in [3.8, 4) is 0 Å². The van der Waals surface area contributed by atoms with Gasteiger partial charge in [-0.25, -0.2) is 14.4 Å². The summed E-state index contributed by atoms with van der Waals surface area (Å²) in [5, 5.41) is 29.5. The van der Waals surface area contributed by atoms with Gasteiger partial charge in [0, 0.05) is 19.3 Å². The van der Waals surface area contributed by atoms with Gasteiger partial charge in [-0.3, -0.25) is 0 Å². The third-order valence-electron chi connectivity index (χ3n) is 4.22. The molecule has 0 radical (unpaired) electrons. The van der Waals surface area contributed by atoms with Crippen molar-refractivity contribution in [2.24, 2.45) is 0 Å². The van der Waals surface area contributed by atoms with E-state index in [0.29, 0.717) is 0 Å². The Kier molecular flexibility index (Phi) is 9.67. The molecule has 0 unspecified atom stereocenters. The summed E-state index contributed by atoms with van der Waals surface area (Å²) in [6.45, 7) is 10.1. The maximum absolute atomic E-state index is 12.1. The number of rotatable bonds is 15. The van der Waals surface area contributed by atoms with Crippen molar-refractivity contribution in [1.29, 1.82) is 0 Å². The van der Waals surface area contributed by atoms with Crippen molar-refractivity contribution in [2.45, 2.75) is 19.3 Å². The highest BCUT2D eigenvalue weighted by atomic mass is 16.5.